The van der Waals surface area contributed by atoms with E-state index in [1.807, 2.05) is 12.1 Å². The van der Waals surface area contributed by atoms with Gasteiger partial charge in [0.05, 0.1) is 11.7 Å². The number of pyridine rings is 1. The molecule has 0 saturated carbocycles. The Hall–Kier alpha value is -1.41. The van der Waals surface area contributed by atoms with Crippen LogP contribution in [0.25, 0.3) is 6.08 Å². The van der Waals surface area contributed by atoms with Crippen LogP contribution in [0.1, 0.15) is 17.3 Å². The summed E-state index contributed by atoms with van der Waals surface area (Å²) in [5, 5.41) is 0. The third kappa shape index (κ3) is 1.60. The standard InChI is InChI=1S/C10H12N2/c1-3-8-6-5-7-12-10(8)9(11)4-2/h3-7,9H,1-2,11H2. The zero-order valence-electron chi connectivity index (χ0n) is 6.90. The fourth-order valence-corrected chi connectivity index (χ4v) is 0.993. The van der Waals surface area contributed by atoms with Crippen LogP contribution in [0.3, 0.4) is 0 Å². The van der Waals surface area contributed by atoms with Gasteiger partial charge in [-0.25, -0.2) is 0 Å². The van der Waals surface area contributed by atoms with Gasteiger partial charge in [0.1, 0.15) is 0 Å². The van der Waals surface area contributed by atoms with Crippen molar-refractivity contribution < 1.29 is 0 Å². The van der Waals surface area contributed by atoms with Crippen LogP contribution in [0.15, 0.2) is 37.6 Å². The van der Waals surface area contributed by atoms with Crippen molar-refractivity contribution >= 4 is 6.08 Å². The van der Waals surface area contributed by atoms with Gasteiger partial charge in [0.2, 0.25) is 0 Å². The molecule has 0 aliphatic heterocycles. The van der Waals surface area contributed by atoms with E-state index in [4.69, 9.17) is 5.73 Å². The molecule has 0 radical (unpaired) electrons. The van der Waals surface area contributed by atoms with E-state index in [1.54, 1.807) is 18.3 Å². The lowest BCUT2D eigenvalue weighted by atomic mass is 10.1. The Morgan fingerprint density at radius 3 is 2.83 bits per heavy atom. The minimum absolute atomic E-state index is 0.209. The van der Waals surface area contributed by atoms with Gasteiger partial charge in [-0.1, -0.05) is 24.8 Å². The van der Waals surface area contributed by atoms with Gasteiger partial charge >= 0.3 is 0 Å². The highest BCUT2D eigenvalue weighted by Gasteiger charge is 2.05. The molecule has 1 aromatic heterocycles. The van der Waals surface area contributed by atoms with E-state index in [2.05, 4.69) is 18.1 Å². The highest BCUT2D eigenvalue weighted by molar-refractivity contribution is 5.50. The Kier molecular flexibility index (Phi) is 2.77. The second-order valence-corrected chi connectivity index (χ2v) is 2.44. The van der Waals surface area contributed by atoms with Crippen molar-refractivity contribution in [2.24, 2.45) is 5.73 Å². The van der Waals surface area contributed by atoms with E-state index in [0.717, 1.165) is 11.3 Å². The summed E-state index contributed by atoms with van der Waals surface area (Å²) in [6.07, 6.45) is 5.12. The summed E-state index contributed by atoms with van der Waals surface area (Å²) in [7, 11) is 0. The van der Waals surface area contributed by atoms with Crippen molar-refractivity contribution in [2.45, 2.75) is 6.04 Å². The van der Waals surface area contributed by atoms with Crippen LogP contribution >= 0.6 is 0 Å². The highest BCUT2D eigenvalue weighted by atomic mass is 14.8. The van der Waals surface area contributed by atoms with E-state index in [0.29, 0.717) is 0 Å². The number of hydrogen-bond acceptors (Lipinski definition) is 2. The third-order valence-electron chi connectivity index (χ3n) is 1.66. The molecular formula is C10H12N2. The molecule has 2 nitrogen and oxygen atoms in total. The van der Waals surface area contributed by atoms with Gasteiger partial charge < -0.3 is 5.73 Å². The molecule has 0 aliphatic carbocycles. The largest absolute Gasteiger partial charge is 0.319 e. The van der Waals surface area contributed by atoms with E-state index in [9.17, 15) is 0 Å². The lowest BCUT2D eigenvalue weighted by Crippen LogP contribution is -2.10. The number of rotatable bonds is 3. The second-order valence-electron chi connectivity index (χ2n) is 2.44. The summed E-state index contributed by atoms with van der Waals surface area (Å²) in [5.74, 6) is 0. The zero-order valence-corrected chi connectivity index (χ0v) is 6.90. The van der Waals surface area contributed by atoms with Crippen LogP contribution in [0, 0.1) is 0 Å². The molecular weight excluding hydrogens is 148 g/mol. The molecule has 1 unspecified atom stereocenters. The topological polar surface area (TPSA) is 38.9 Å². The number of nitrogens with two attached hydrogens (primary N) is 1. The van der Waals surface area contributed by atoms with E-state index < -0.39 is 0 Å². The summed E-state index contributed by atoms with van der Waals surface area (Å²) in [4.78, 5) is 4.15. The van der Waals surface area contributed by atoms with E-state index in [-0.39, 0.29) is 6.04 Å². The predicted molar refractivity (Wildman–Crippen MR) is 51.5 cm³/mol. The second kappa shape index (κ2) is 3.83. The fourth-order valence-electron chi connectivity index (χ4n) is 0.993. The monoisotopic (exact) mass is 160 g/mol. The van der Waals surface area contributed by atoms with E-state index >= 15 is 0 Å². The fraction of sp³-hybridized carbons (Fsp3) is 0.100. The Morgan fingerprint density at radius 1 is 1.50 bits per heavy atom. The van der Waals surface area contributed by atoms with Crippen LogP contribution in [0.4, 0.5) is 0 Å². The Bertz CT molecular complexity index is 292. The SMILES string of the molecule is C=Cc1cccnc1C(N)C=C. The van der Waals surface area contributed by atoms with Gasteiger partial charge in [-0.2, -0.15) is 0 Å². The molecule has 0 aromatic carbocycles. The molecule has 1 rings (SSSR count). The molecule has 1 aromatic rings. The molecule has 1 atom stereocenters. The first-order valence-electron chi connectivity index (χ1n) is 3.75. The maximum atomic E-state index is 5.74. The lowest BCUT2D eigenvalue weighted by molar-refractivity contribution is 0.861. The molecule has 62 valence electrons. The summed E-state index contributed by atoms with van der Waals surface area (Å²) in [6.45, 7) is 7.29. The molecule has 0 aliphatic rings. The van der Waals surface area contributed by atoms with Crippen LogP contribution < -0.4 is 5.73 Å². The predicted octanol–water partition coefficient (Wildman–Crippen LogP) is 1.91. The van der Waals surface area contributed by atoms with Gasteiger partial charge in [0.15, 0.2) is 0 Å². The van der Waals surface area contributed by atoms with Gasteiger partial charge in [-0.3, -0.25) is 4.98 Å². The molecule has 12 heavy (non-hydrogen) atoms. The molecule has 0 saturated heterocycles. The van der Waals surface area contributed by atoms with Gasteiger partial charge in [-0.05, 0) is 11.6 Å². The average Bonchev–Trinajstić information content (AvgIpc) is 2.16. The van der Waals surface area contributed by atoms with Crippen LogP contribution in [-0.4, -0.2) is 4.98 Å². The molecule has 2 heteroatoms. The van der Waals surface area contributed by atoms with Crippen LogP contribution in [0.2, 0.25) is 0 Å². The first-order valence-corrected chi connectivity index (χ1v) is 3.75. The number of hydrogen-bond donors (Lipinski definition) is 1. The highest BCUT2D eigenvalue weighted by Crippen LogP contribution is 2.14. The summed E-state index contributed by atoms with van der Waals surface area (Å²) >= 11 is 0. The Balaban J connectivity index is 3.12. The van der Waals surface area contributed by atoms with Crippen molar-refractivity contribution in [3.63, 3.8) is 0 Å². The quantitative estimate of drug-likeness (QED) is 0.686. The molecule has 0 amide bonds. The smallest absolute Gasteiger partial charge is 0.0682 e. The van der Waals surface area contributed by atoms with Gasteiger partial charge in [0, 0.05) is 6.20 Å². The van der Waals surface area contributed by atoms with Crippen molar-refractivity contribution in [2.75, 3.05) is 0 Å². The zero-order chi connectivity index (χ0) is 8.97. The normalized spacial score (nSPS) is 12.1. The summed E-state index contributed by atoms with van der Waals surface area (Å²) in [5.41, 5.74) is 7.53. The maximum absolute atomic E-state index is 5.74. The summed E-state index contributed by atoms with van der Waals surface area (Å²) < 4.78 is 0. The first kappa shape index (κ1) is 8.68. The van der Waals surface area contributed by atoms with Crippen molar-refractivity contribution in [3.8, 4) is 0 Å². The molecule has 0 fully saturated rings. The molecule has 0 spiro atoms. The minimum Gasteiger partial charge on any atom is -0.319 e. The van der Waals surface area contributed by atoms with Crippen molar-refractivity contribution in [1.82, 2.24) is 4.98 Å². The lowest BCUT2D eigenvalue weighted by Gasteiger charge is -2.07. The first-order chi connectivity index (χ1) is 5.79. The molecule has 2 N–H and O–H groups in total. The van der Waals surface area contributed by atoms with Crippen LogP contribution in [-0.2, 0) is 0 Å². The number of aromatic nitrogens is 1. The van der Waals surface area contributed by atoms with Gasteiger partial charge in [-0.15, -0.1) is 6.58 Å². The Morgan fingerprint density at radius 2 is 2.25 bits per heavy atom. The Labute approximate surface area is 72.4 Å². The summed E-state index contributed by atoms with van der Waals surface area (Å²) in [6, 6.07) is 3.58. The molecule has 0 bridgehead atoms. The average molecular weight is 160 g/mol. The number of nitrogens with zero attached hydrogens (tertiary/aromatic N) is 1. The van der Waals surface area contributed by atoms with Crippen molar-refractivity contribution in [1.29, 1.82) is 0 Å². The maximum Gasteiger partial charge on any atom is 0.0682 e. The van der Waals surface area contributed by atoms with Gasteiger partial charge in [0.25, 0.3) is 0 Å². The minimum atomic E-state index is -0.209. The van der Waals surface area contributed by atoms with Crippen molar-refractivity contribution in [3.05, 3.63) is 48.8 Å². The van der Waals surface area contributed by atoms with Crippen LogP contribution in [0.5, 0.6) is 0 Å². The third-order valence-corrected chi connectivity index (χ3v) is 1.66. The molecule has 1 heterocycles. The van der Waals surface area contributed by atoms with E-state index in [1.165, 1.54) is 0 Å².